The number of amides is 1. The molecule has 0 spiro atoms. The van der Waals surface area contributed by atoms with Crippen LogP contribution in [0.1, 0.15) is 76.2 Å². The molecule has 2 rings (SSSR count). The van der Waals surface area contributed by atoms with Crippen molar-refractivity contribution in [2.75, 3.05) is 6.61 Å². The number of ketones is 1. The molecule has 1 atom stereocenters. The maximum Gasteiger partial charge on any atom is 0.328 e. The van der Waals surface area contributed by atoms with Crippen molar-refractivity contribution < 1.29 is 19.1 Å². The SMILES string of the molecule is O=C(CCCCCCCCCCc1ccccc1)CC(=O)N[C@H]1CCOC1=O. The molecule has 1 fully saturated rings. The Balaban J connectivity index is 1.38. The molecule has 1 aliphatic rings. The van der Waals surface area contributed by atoms with Gasteiger partial charge in [-0.25, -0.2) is 4.79 Å². The highest BCUT2D eigenvalue weighted by atomic mass is 16.5. The third-order valence-corrected chi connectivity index (χ3v) is 5.14. The summed E-state index contributed by atoms with van der Waals surface area (Å²) in [6, 6.07) is 10.0. The molecule has 0 saturated carbocycles. The van der Waals surface area contributed by atoms with Gasteiger partial charge in [0.15, 0.2) is 0 Å². The van der Waals surface area contributed by atoms with Crippen LogP contribution in [0, 0.1) is 0 Å². The van der Waals surface area contributed by atoms with E-state index >= 15 is 0 Å². The third-order valence-electron chi connectivity index (χ3n) is 5.14. The second kappa shape index (κ2) is 13.1. The largest absolute Gasteiger partial charge is 0.464 e. The summed E-state index contributed by atoms with van der Waals surface area (Å²) in [5.74, 6) is -0.824. The number of benzene rings is 1. The Kier molecular flexibility index (Phi) is 10.3. The lowest BCUT2D eigenvalue weighted by atomic mass is 10.0. The van der Waals surface area contributed by atoms with Crippen LogP contribution in [0.2, 0.25) is 0 Å². The second-order valence-electron chi connectivity index (χ2n) is 7.61. The van der Waals surface area contributed by atoms with Gasteiger partial charge in [-0.2, -0.15) is 0 Å². The maximum absolute atomic E-state index is 11.9. The van der Waals surface area contributed by atoms with Gasteiger partial charge in [-0.3, -0.25) is 9.59 Å². The number of esters is 1. The zero-order valence-corrected chi connectivity index (χ0v) is 16.8. The zero-order chi connectivity index (χ0) is 20.0. The summed E-state index contributed by atoms with van der Waals surface area (Å²) in [6.07, 6.45) is 11.2. The van der Waals surface area contributed by atoms with Crippen LogP contribution in [0.15, 0.2) is 30.3 Å². The van der Waals surface area contributed by atoms with Crippen molar-refractivity contribution in [3.05, 3.63) is 35.9 Å². The number of Topliss-reactive ketones (excluding diaryl/α,β-unsaturated/α-hetero) is 1. The standard InChI is InChI=1S/C23H33NO4/c25-20(18-22(26)24-21-16-17-28-23(21)27)15-11-6-4-2-1-3-5-8-12-19-13-9-7-10-14-19/h7,9-10,13-14,21H,1-6,8,11-12,15-18H2,(H,24,26)/t21-/m0/s1. The van der Waals surface area contributed by atoms with Crippen molar-refractivity contribution in [1.29, 1.82) is 0 Å². The number of nitrogens with one attached hydrogen (secondary N) is 1. The third kappa shape index (κ3) is 9.16. The molecule has 0 radical (unpaired) electrons. The summed E-state index contributed by atoms with van der Waals surface area (Å²) >= 11 is 0. The van der Waals surface area contributed by atoms with E-state index in [0.717, 1.165) is 19.3 Å². The summed E-state index contributed by atoms with van der Waals surface area (Å²) in [5, 5.41) is 2.57. The van der Waals surface area contributed by atoms with Crippen LogP contribution < -0.4 is 5.32 Å². The normalized spacial score (nSPS) is 16.0. The minimum atomic E-state index is -0.576. The minimum absolute atomic E-state index is 0.0511. The molecule has 1 heterocycles. The summed E-state index contributed by atoms with van der Waals surface area (Å²) in [5.41, 5.74) is 1.42. The Labute approximate surface area is 168 Å². The molecule has 0 bridgehead atoms. The predicted molar refractivity (Wildman–Crippen MR) is 109 cm³/mol. The van der Waals surface area contributed by atoms with E-state index < -0.39 is 12.0 Å². The number of aryl methyl sites for hydroxylation is 1. The molecule has 5 nitrogen and oxygen atoms in total. The molecule has 1 aromatic rings. The fourth-order valence-corrected chi connectivity index (χ4v) is 3.50. The highest BCUT2D eigenvalue weighted by Gasteiger charge is 2.28. The van der Waals surface area contributed by atoms with Crippen molar-refractivity contribution in [3.8, 4) is 0 Å². The second-order valence-corrected chi connectivity index (χ2v) is 7.61. The highest BCUT2D eigenvalue weighted by Crippen LogP contribution is 2.12. The van der Waals surface area contributed by atoms with Crippen LogP contribution in [0.3, 0.4) is 0 Å². The Morgan fingerprint density at radius 2 is 1.57 bits per heavy atom. The summed E-state index contributed by atoms with van der Waals surface area (Å²) in [4.78, 5) is 34.9. The topological polar surface area (TPSA) is 72.5 Å². The van der Waals surface area contributed by atoms with Gasteiger partial charge in [0.05, 0.1) is 13.0 Å². The van der Waals surface area contributed by atoms with E-state index in [1.807, 2.05) is 0 Å². The van der Waals surface area contributed by atoms with Gasteiger partial charge in [-0.1, -0.05) is 68.9 Å². The number of hydrogen-bond acceptors (Lipinski definition) is 4. The van der Waals surface area contributed by atoms with Crippen LogP contribution in [0.25, 0.3) is 0 Å². The Morgan fingerprint density at radius 3 is 2.21 bits per heavy atom. The first-order valence-corrected chi connectivity index (χ1v) is 10.7. The quantitative estimate of drug-likeness (QED) is 0.296. The molecule has 28 heavy (non-hydrogen) atoms. The van der Waals surface area contributed by atoms with Crippen molar-refractivity contribution in [3.63, 3.8) is 0 Å². The van der Waals surface area contributed by atoms with E-state index in [9.17, 15) is 14.4 Å². The molecule has 1 amide bonds. The number of ether oxygens (including phenoxy) is 1. The average molecular weight is 388 g/mol. The summed E-state index contributed by atoms with van der Waals surface area (Å²) < 4.78 is 4.79. The molecule has 5 heteroatoms. The Morgan fingerprint density at radius 1 is 0.929 bits per heavy atom. The predicted octanol–water partition coefficient (Wildman–Crippen LogP) is 4.13. The van der Waals surface area contributed by atoms with E-state index in [1.165, 1.54) is 44.1 Å². The number of rotatable bonds is 14. The fourth-order valence-electron chi connectivity index (χ4n) is 3.50. The number of cyclic esters (lactones) is 1. The van der Waals surface area contributed by atoms with E-state index in [-0.39, 0.29) is 18.1 Å². The maximum atomic E-state index is 11.9. The molecule has 0 unspecified atom stereocenters. The van der Waals surface area contributed by atoms with E-state index in [2.05, 4.69) is 35.6 Å². The fraction of sp³-hybridized carbons (Fsp3) is 0.609. The van der Waals surface area contributed by atoms with Crippen LogP contribution >= 0.6 is 0 Å². The van der Waals surface area contributed by atoms with Crippen molar-refractivity contribution in [2.24, 2.45) is 0 Å². The molecule has 0 aromatic heterocycles. The van der Waals surface area contributed by atoms with Gasteiger partial charge in [0.25, 0.3) is 0 Å². The minimum Gasteiger partial charge on any atom is -0.464 e. The van der Waals surface area contributed by atoms with Gasteiger partial charge < -0.3 is 10.1 Å². The van der Waals surface area contributed by atoms with E-state index in [1.54, 1.807) is 0 Å². The smallest absolute Gasteiger partial charge is 0.328 e. The lowest BCUT2D eigenvalue weighted by Gasteiger charge is -2.08. The van der Waals surface area contributed by atoms with Crippen molar-refractivity contribution in [1.82, 2.24) is 5.32 Å². The number of carbonyl (C=O) groups excluding carboxylic acids is 3. The Bertz CT molecular complexity index is 614. The molecular formula is C23H33NO4. The van der Waals surface area contributed by atoms with Crippen LogP contribution in [0.5, 0.6) is 0 Å². The molecule has 154 valence electrons. The van der Waals surface area contributed by atoms with Gasteiger partial charge in [0.2, 0.25) is 5.91 Å². The van der Waals surface area contributed by atoms with E-state index in [4.69, 9.17) is 4.74 Å². The number of unbranched alkanes of at least 4 members (excludes halogenated alkanes) is 7. The van der Waals surface area contributed by atoms with Gasteiger partial charge >= 0.3 is 5.97 Å². The van der Waals surface area contributed by atoms with Crippen LogP contribution in [0.4, 0.5) is 0 Å². The van der Waals surface area contributed by atoms with E-state index in [0.29, 0.717) is 19.4 Å². The van der Waals surface area contributed by atoms with Gasteiger partial charge in [-0.05, 0) is 24.8 Å². The molecule has 1 N–H and O–H groups in total. The van der Waals surface area contributed by atoms with Crippen LogP contribution in [-0.4, -0.2) is 30.3 Å². The molecule has 1 saturated heterocycles. The number of hydrogen-bond donors (Lipinski definition) is 1. The first-order chi connectivity index (χ1) is 13.6. The first-order valence-electron chi connectivity index (χ1n) is 10.7. The monoisotopic (exact) mass is 387 g/mol. The van der Waals surface area contributed by atoms with Gasteiger partial charge in [0.1, 0.15) is 11.8 Å². The Hall–Kier alpha value is -2.17. The van der Waals surface area contributed by atoms with Crippen molar-refractivity contribution >= 4 is 17.7 Å². The van der Waals surface area contributed by atoms with Gasteiger partial charge in [0, 0.05) is 12.8 Å². The highest BCUT2D eigenvalue weighted by molar-refractivity contribution is 5.99. The van der Waals surface area contributed by atoms with Gasteiger partial charge in [-0.15, -0.1) is 0 Å². The number of carbonyl (C=O) groups is 3. The first kappa shape index (κ1) is 22.1. The molecule has 1 aromatic carbocycles. The average Bonchev–Trinajstić information content (AvgIpc) is 3.08. The molecule has 1 aliphatic heterocycles. The van der Waals surface area contributed by atoms with Crippen molar-refractivity contribution in [2.45, 2.75) is 83.1 Å². The van der Waals surface area contributed by atoms with Crippen LogP contribution in [-0.2, 0) is 25.5 Å². The zero-order valence-electron chi connectivity index (χ0n) is 16.8. The molecular weight excluding hydrogens is 354 g/mol. The lowest BCUT2D eigenvalue weighted by molar-refractivity contribution is -0.142. The molecule has 0 aliphatic carbocycles. The lowest BCUT2D eigenvalue weighted by Crippen LogP contribution is -2.38. The summed E-state index contributed by atoms with van der Waals surface area (Å²) in [6.45, 7) is 0.338. The summed E-state index contributed by atoms with van der Waals surface area (Å²) in [7, 11) is 0.